The summed E-state index contributed by atoms with van der Waals surface area (Å²) in [5.74, 6) is -0.361. The van der Waals surface area contributed by atoms with Crippen molar-refractivity contribution >= 4 is 48.9 Å². The van der Waals surface area contributed by atoms with Gasteiger partial charge in [-0.05, 0) is 0 Å². The van der Waals surface area contributed by atoms with E-state index in [1.54, 1.807) is 0 Å². The van der Waals surface area contributed by atoms with Crippen LogP contribution in [-0.2, 0) is 14.8 Å². The van der Waals surface area contributed by atoms with Crippen molar-refractivity contribution in [3.8, 4) is 10.6 Å². The zero-order chi connectivity index (χ0) is 17.2. The van der Waals surface area contributed by atoms with Gasteiger partial charge in [0.1, 0.15) is 5.01 Å². The van der Waals surface area contributed by atoms with E-state index in [0.717, 1.165) is 28.2 Å². The van der Waals surface area contributed by atoms with E-state index >= 15 is 0 Å². The van der Waals surface area contributed by atoms with Gasteiger partial charge in [0.15, 0.2) is 0 Å². The summed E-state index contributed by atoms with van der Waals surface area (Å²) in [6.07, 6.45) is 0. The van der Waals surface area contributed by atoms with Gasteiger partial charge in [0.05, 0.1) is 0 Å². The number of amides is 1. The molecule has 2 N–H and O–H groups in total. The predicted octanol–water partition coefficient (Wildman–Crippen LogP) is 1.82. The monoisotopic (exact) mass is 382 g/mol. The van der Waals surface area contributed by atoms with E-state index < -0.39 is 10.0 Å². The molecule has 12 heteroatoms. The normalized spacial score (nSPS) is 11.2. The molecule has 0 bridgehead atoms. The molecule has 2 aromatic heterocycles. The minimum Gasteiger partial charge on any atom is -0.301 e. The average Bonchev–Trinajstić information content (AvgIpc) is 3.17. The van der Waals surface area contributed by atoms with Gasteiger partial charge in [-0.3, -0.25) is 9.52 Å². The second-order valence-corrected chi connectivity index (χ2v) is 8.25. The van der Waals surface area contributed by atoms with E-state index in [4.69, 9.17) is 0 Å². The second kappa shape index (κ2) is 6.59. The molecule has 0 saturated heterocycles. The number of sulfonamides is 1. The van der Waals surface area contributed by atoms with Crippen molar-refractivity contribution < 1.29 is 13.2 Å². The van der Waals surface area contributed by atoms with Gasteiger partial charge in [0.2, 0.25) is 16.2 Å². The fourth-order valence-corrected chi connectivity index (χ4v) is 4.57. The van der Waals surface area contributed by atoms with Gasteiger partial charge in [0, 0.05) is 12.5 Å². The molecule has 1 aromatic carbocycles. The number of aromatic nitrogens is 4. The standard InChI is InChI=1S/C12H10N6O3S3/c1-7(19)13-10-15-17-12(23-10)24(20,21)18-11-16-14-9(22-11)8-5-3-2-4-6-8/h2-6H,1H3,(H,16,18)(H,13,15,19). The Bertz CT molecular complexity index is 967. The Morgan fingerprint density at radius 2 is 1.71 bits per heavy atom. The lowest BCUT2D eigenvalue weighted by Gasteiger charge is -1.99. The summed E-state index contributed by atoms with van der Waals surface area (Å²) >= 11 is 1.84. The molecule has 3 rings (SSSR count). The molecule has 0 unspecified atom stereocenters. The highest BCUT2D eigenvalue weighted by Gasteiger charge is 2.22. The lowest BCUT2D eigenvalue weighted by Crippen LogP contribution is -2.12. The van der Waals surface area contributed by atoms with Crippen molar-refractivity contribution in [1.29, 1.82) is 0 Å². The van der Waals surface area contributed by atoms with Crippen molar-refractivity contribution in [1.82, 2.24) is 20.4 Å². The largest absolute Gasteiger partial charge is 0.301 e. The van der Waals surface area contributed by atoms with E-state index in [-0.39, 0.29) is 20.5 Å². The summed E-state index contributed by atoms with van der Waals surface area (Å²) in [5.41, 5.74) is 0.837. The molecule has 2 heterocycles. The summed E-state index contributed by atoms with van der Waals surface area (Å²) in [6.45, 7) is 1.29. The number of carbonyl (C=O) groups excluding carboxylic acids is 1. The van der Waals surface area contributed by atoms with Gasteiger partial charge in [-0.2, -0.15) is 8.42 Å². The van der Waals surface area contributed by atoms with Crippen molar-refractivity contribution in [3.05, 3.63) is 30.3 Å². The molecule has 0 atom stereocenters. The topological polar surface area (TPSA) is 127 Å². The first-order valence-corrected chi connectivity index (χ1v) is 9.58. The number of hydrogen-bond acceptors (Lipinski definition) is 9. The van der Waals surface area contributed by atoms with Gasteiger partial charge < -0.3 is 5.32 Å². The molecule has 24 heavy (non-hydrogen) atoms. The number of rotatable bonds is 5. The van der Waals surface area contributed by atoms with Crippen LogP contribution < -0.4 is 10.0 Å². The highest BCUT2D eigenvalue weighted by atomic mass is 32.2. The minimum atomic E-state index is -3.95. The summed E-state index contributed by atoms with van der Waals surface area (Å²) < 4.78 is 26.6. The zero-order valence-corrected chi connectivity index (χ0v) is 14.6. The van der Waals surface area contributed by atoms with Crippen LogP contribution in [0.5, 0.6) is 0 Å². The van der Waals surface area contributed by atoms with Crippen molar-refractivity contribution in [2.75, 3.05) is 10.0 Å². The first kappa shape index (κ1) is 16.4. The van der Waals surface area contributed by atoms with Crippen LogP contribution in [0.15, 0.2) is 34.7 Å². The van der Waals surface area contributed by atoms with Crippen LogP contribution in [0, 0.1) is 0 Å². The third-order valence-electron chi connectivity index (χ3n) is 2.59. The lowest BCUT2D eigenvalue weighted by atomic mass is 10.2. The summed E-state index contributed by atoms with van der Waals surface area (Å²) in [6, 6.07) is 9.28. The maximum absolute atomic E-state index is 12.3. The molecule has 0 fully saturated rings. The minimum absolute atomic E-state index is 0.102. The third-order valence-corrected chi connectivity index (χ3v) is 6.15. The molecule has 124 valence electrons. The Balaban J connectivity index is 1.79. The van der Waals surface area contributed by atoms with Gasteiger partial charge in [-0.25, -0.2) is 0 Å². The van der Waals surface area contributed by atoms with Crippen LogP contribution in [0.2, 0.25) is 0 Å². The number of carbonyl (C=O) groups is 1. The molecule has 0 radical (unpaired) electrons. The Morgan fingerprint density at radius 1 is 1.00 bits per heavy atom. The maximum Gasteiger partial charge on any atom is 0.293 e. The number of hydrogen-bond donors (Lipinski definition) is 2. The fraction of sp³-hybridized carbons (Fsp3) is 0.0833. The van der Waals surface area contributed by atoms with Gasteiger partial charge in [-0.15, -0.1) is 20.4 Å². The molecule has 3 aromatic rings. The first-order valence-electron chi connectivity index (χ1n) is 6.47. The smallest absolute Gasteiger partial charge is 0.293 e. The van der Waals surface area contributed by atoms with Crippen LogP contribution in [0.3, 0.4) is 0 Å². The number of benzene rings is 1. The maximum atomic E-state index is 12.3. The molecule has 0 aliphatic rings. The average molecular weight is 382 g/mol. The van der Waals surface area contributed by atoms with Gasteiger partial charge in [-0.1, -0.05) is 53.0 Å². The molecular weight excluding hydrogens is 372 g/mol. The molecule has 1 amide bonds. The summed E-state index contributed by atoms with van der Waals surface area (Å²) in [7, 11) is -3.95. The van der Waals surface area contributed by atoms with Crippen LogP contribution in [0.4, 0.5) is 10.3 Å². The number of nitrogens with one attached hydrogen (secondary N) is 2. The van der Waals surface area contributed by atoms with E-state index in [9.17, 15) is 13.2 Å². The van der Waals surface area contributed by atoms with Crippen molar-refractivity contribution in [2.45, 2.75) is 11.3 Å². The second-order valence-electron chi connectivity index (χ2n) is 4.44. The van der Waals surface area contributed by atoms with E-state index in [1.807, 2.05) is 30.3 Å². The Hall–Kier alpha value is -2.44. The Labute approximate surface area is 144 Å². The van der Waals surface area contributed by atoms with Crippen LogP contribution in [0.1, 0.15) is 6.92 Å². The van der Waals surface area contributed by atoms with Crippen LogP contribution >= 0.6 is 22.7 Å². The molecule has 0 aliphatic heterocycles. The van der Waals surface area contributed by atoms with E-state index in [1.165, 1.54) is 6.92 Å². The Morgan fingerprint density at radius 3 is 2.42 bits per heavy atom. The Kier molecular flexibility index (Phi) is 4.51. The predicted molar refractivity (Wildman–Crippen MR) is 90.4 cm³/mol. The van der Waals surface area contributed by atoms with E-state index in [0.29, 0.717) is 5.01 Å². The molecule has 0 aliphatic carbocycles. The molecule has 0 spiro atoms. The number of anilines is 2. The summed E-state index contributed by atoms with van der Waals surface area (Å²) in [5, 5.41) is 18.1. The fourth-order valence-electron chi connectivity index (χ4n) is 1.64. The number of nitrogens with zero attached hydrogens (tertiary/aromatic N) is 4. The van der Waals surface area contributed by atoms with Crippen LogP contribution in [-0.4, -0.2) is 34.7 Å². The molecule has 0 saturated carbocycles. The van der Waals surface area contributed by atoms with Crippen molar-refractivity contribution in [3.63, 3.8) is 0 Å². The quantitative estimate of drug-likeness (QED) is 0.644. The summed E-state index contributed by atoms with van der Waals surface area (Å²) in [4.78, 5) is 10.9. The molecule has 9 nitrogen and oxygen atoms in total. The zero-order valence-electron chi connectivity index (χ0n) is 12.1. The third kappa shape index (κ3) is 3.72. The first-order chi connectivity index (χ1) is 11.4. The highest BCUT2D eigenvalue weighted by Crippen LogP contribution is 2.28. The highest BCUT2D eigenvalue weighted by molar-refractivity contribution is 7.94. The molecular formula is C12H10N6O3S3. The van der Waals surface area contributed by atoms with Crippen molar-refractivity contribution in [2.24, 2.45) is 0 Å². The van der Waals surface area contributed by atoms with Crippen LogP contribution in [0.25, 0.3) is 10.6 Å². The van der Waals surface area contributed by atoms with E-state index in [2.05, 4.69) is 30.4 Å². The van der Waals surface area contributed by atoms with Gasteiger partial charge in [0.25, 0.3) is 14.4 Å². The SMILES string of the molecule is CC(=O)Nc1nnc(S(=O)(=O)Nc2nnc(-c3ccccc3)s2)s1. The lowest BCUT2D eigenvalue weighted by molar-refractivity contribution is -0.114. The van der Waals surface area contributed by atoms with Gasteiger partial charge >= 0.3 is 0 Å².